The molecule has 0 fully saturated rings. The molecule has 0 aliphatic carbocycles. The summed E-state index contributed by atoms with van der Waals surface area (Å²) in [5, 5.41) is 9.11. The van der Waals surface area contributed by atoms with Gasteiger partial charge in [-0.1, -0.05) is 22.5 Å². The lowest BCUT2D eigenvalue weighted by Gasteiger charge is -2.19. The number of carbonyl (C=O) groups excluding carboxylic acids is 1. The van der Waals surface area contributed by atoms with Crippen molar-refractivity contribution in [3.05, 3.63) is 34.7 Å². The molecule has 0 atom stereocenters. The van der Waals surface area contributed by atoms with E-state index in [4.69, 9.17) is 5.11 Å². The van der Waals surface area contributed by atoms with Crippen LogP contribution in [0.15, 0.2) is 6.58 Å². The quantitative estimate of drug-likeness (QED) is 0.571. The van der Waals surface area contributed by atoms with Gasteiger partial charge in [-0.15, -0.1) is 0 Å². The summed E-state index contributed by atoms with van der Waals surface area (Å²) in [6, 6.07) is 0. The van der Waals surface area contributed by atoms with Crippen LogP contribution in [0.5, 0.6) is 0 Å². The first-order valence-electron chi connectivity index (χ1n) is 6.11. The molecule has 0 amide bonds. The first-order chi connectivity index (χ1) is 10.9. The molecular formula is C13H9BrF5NO4. The molecular weight excluding hydrogens is 409 g/mol. The highest BCUT2D eigenvalue weighted by Crippen LogP contribution is 2.40. The number of carbonyl (C=O) groups is 2. The van der Waals surface area contributed by atoms with Gasteiger partial charge < -0.3 is 9.84 Å². The molecule has 0 radical (unpaired) electrons. The highest BCUT2D eigenvalue weighted by atomic mass is 79.9. The summed E-state index contributed by atoms with van der Waals surface area (Å²) in [7, 11) is 0. The number of ether oxygens (including phenoxy) is 1. The average Bonchev–Trinajstić information content (AvgIpc) is 2.43. The number of aromatic carboxylic acids is 1. The fourth-order valence-electron chi connectivity index (χ4n) is 1.86. The first-order valence-corrected chi connectivity index (χ1v) is 6.91. The second-order valence-corrected chi connectivity index (χ2v) is 5.16. The maximum Gasteiger partial charge on any atom is 0.434 e. The topological polar surface area (TPSA) is 76.5 Å². The average molecular weight is 418 g/mol. The van der Waals surface area contributed by atoms with Crippen molar-refractivity contribution >= 4 is 32.4 Å². The van der Waals surface area contributed by atoms with Crippen molar-refractivity contribution in [2.75, 3.05) is 6.61 Å². The Morgan fingerprint density at radius 3 is 2.17 bits per heavy atom. The summed E-state index contributed by atoms with van der Waals surface area (Å²) in [6.07, 6.45) is -8.93. The van der Waals surface area contributed by atoms with Gasteiger partial charge in [0.25, 0.3) is 6.43 Å². The van der Waals surface area contributed by atoms with Crippen LogP contribution in [0.4, 0.5) is 22.0 Å². The van der Waals surface area contributed by atoms with Crippen molar-refractivity contribution in [3.63, 3.8) is 0 Å². The minimum Gasteiger partial charge on any atom is -0.478 e. The summed E-state index contributed by atoms with van der Waals surface area (Å²) in [5.41, 5.74) is -7.12. The van der Waals surface area contributed by atoms with Crippen molar-refractivity contribution in [1.29, 1.82) is 0 Å². The Bertz CT molecular complexity index is 703. The fourth-order valence-corrected chi connectivity index (χ4v) is 2.25. The molecule has 0 unspecified atom stereocenters. The number of alkyl halides is 5. The van der Waals surface area contributed by atoms with E-state index in [9.17, 15) is 31.5 Å². The Kier molecular flexibility index (Phi) is 6.04. The number of carboxylic acids is 1. The van der Waals surface area contributed by atoms with Crippen LogP contribution in [-0.2, 0) is 10.9 Å². The van der Waals surface area contributed by atoms with E-state index in [1.165, 1.54) is 6.92 Å². The second kappa shape index (κ2) is 7.24. The summed E-state index contributed by atoms with van der Waals surface area (Å²) < 4.78 is 69.5. The Morgan fingerprint density at radius 2 is 1.83 bits per heavy atom. The van der Waals surface area contributed by atoms with E-state index in [-0.39, 0.29) is 6.61 Å². The molecule has 1 rings (SSSR count). The normalized spacial score (nSPS) is 11.5. The molecule has 1 aromatic heterocycles. The van der Waals surface area contributed by atoms with Crippen LogP contribution >= 0.6 is 15.9 Å². The third-order valence-electron chi connectivity index (χ3n) is 2.67. The second-order valence-electron chi connectivity index (χ2n) is 4.20. The van der Waals surface area contributed by atoms with Crippen LogP contribution in [0.2, 0.25) is 0 Å². The number of hydrogen-bond acceptors (Lipinski definition) is 4. The standard InChI is InChI=1S/C13H9BrF5NO4/c1-3-24-12(23)7-5(4(2)14)6(11(21)22)8(10(15)16)20-9(7)13(17,18)19/h10H,2-3H2,1H3,(H,21,22). The maximum atomic E-state index is 13.2. The predicted molar refractivity (Wildman–Crippen MR) is 75.1 cm³/mol. The number of aromatic nitrogens is 1. The lowest BCUT2D eigenvalue weighted by Crippen LogP contribution is -2.24. The number of hydrogen-bond donors (Lipinski definition) is 1. The van der Waals surface area contributed by atoms with E-state index in [1.54, 1.807) is 0 Å². The molecule has 0 aromatic carbocycles. The van der Waals surface area contributed by atoms with Crippen molar-refractivity contribution in [1.82, 2.24) is 4.98 Å². The van der Waals surface area contributed by atoms with Gasteiger partial charge in [0.05, 0.1) is 17.7 Å². The van der Waals surface area contributed by atoms with Gasteiger partial charge in [0.1, 0.15) is 5.69 Å². The molecule has 1 aromatic rings. The van der Waals surface area contributed by atoms with Gasteiger partial charge >= 0.3 is 18.1 Å². The molecule has 1 N–H and O–H groups in total. The van der Waals surface area contributed by atoms with Gasteiger partial charge in [0.15, 0.2) is 5.69 Å². The summed E-state index contributed by atoms with van der Waals surface area (Å²) in [6.45, 7) is 4.17. The van der Waals surface area contributed by atoms with E-state index in [2.05, 4.69) is 32.2 Å². The highest BCUT2D eigenvalue weighted by Gasteiger charge is 2.43. The minimum absolute atomic E-state index is 0.330. The molecule has 0 bridgehead atoms. The Morgan fingerprint density at radius 1 is 1.29 bits per heavy atom. The Hall–Kier alpha value is -2.04. The van der Waals surface area contributed by atoms with Crippen LogP contribution in [0.3, 0.4) is 0 Å². The van der Waals surface area contributed by atoms with Gasteiger partial charge in [-0.25, -0.2) is 23.4 Å². The molecule has 0 saturated carbocycles. The lowest BCUT2D eigenvalue weighted by atomic mass is 9.97. The van der Waals surface area contributed by atoms with Crippen molar-refractivity contribution in [2.45, 2.75) is 19.5 Å². The zero-order valence-corrected chi connectivity index (χ0v) is 13.5. The number of carboxylic acid groups (broad SMARTS) is 1. The van der Waals surface area contributed by atoms with Gasteiger partial charge in [0.2, 0.25) is 0 Å². The number of nitrogens with zero attached hydrogens (tertiary/aromatic N) is 1. The van der Waals surface area contributed by atoms with E-state index >= 15 is 0 Å². The highest BCUT2D eigenvalue weighted by molar-refractivity contribution is 9.15. The van der Waals surface area contributed by atoms with Crippen molar-refractivity contribution < 1.29 is 41.4 Å². The molecule has 24 heavy (non-hydrogen) atoms. The van der Waals surface area contributed by atoms with Gasteiger partial charge in [-0.05, 0) is 6.92 Å². The zero-order valence-electron chi connectivity index (χ0n) is 11.9. The SMILES string of the molecule is C=C(Br)c1c(C(=O)O)c(C(F)F)nc(C(F)(F)F)c1C(=O)OCC. The summed E-state index contributed by atoms with van der Waals surface area (Å²) in [4.78, 5) is 25.9. The van der Waals surface area contributed by atoms with Crippen molar-refractivity contribution in [2.24, 2.45) is 0 Å². The van der Waals surface area contributed by atoms with E-state index in [0.717, 1.165) is 0 Å². The van der Waals surface area contributed by atoms with Crippen LogP contribution in [0.25, 0.3) is 4.48 Å². The molecule has 0 saturated heterocycles. The van der Waals surface area contributed by atoms with Gasteiger partial charge in [0, 0.05) is 10.0 Å². The fraction of sp³-hybridized carbons (Fsp3) is 0.308. The lowest BCUT2D eigenvalue weighted by molar-refractivity contribution is -0.142. The molecule has 132 valence electrons. The third-order valence-corrected chi connectivity index (χ3v) is 3.06. The maximum absolute atomic E-state index is 13.2. The van der Waals surface area contributed by atoms with Crippen LogP contribution in [0.1, 0.15) is 51.0 Å². The number of halogens is 6. The van der Waals surface area contributed by atoms with Crippen molar-refractivity contribution in [3.8, 4) is 0 Å². The van der Waals surface area contributed by atoms with Crippen LogP contribution in [0, 0.1) is 0 Å². The molecule has 0 aliphatic rings. The third kappa shape index (κ3) is 3.89. The van der Waals surface area contributed by atoms with E-state index in [0.29, 0.717) is 0 Å². The molecule has 0 spiro atoms. The smallest absolute Gasteiger partial charge is 0.434 e. The predicted octanol–water partition coefficient (Wildman–Crippen LogP) is 4.28. The monoisotopic (exact) mass is 417 g/mol. The minimum atomic E-state index is -5.31. The Balaban J connectivity index is 4.08. The molecule has 1 heterocycles. The van der Waals surface area contributed by atoms with Gasteiger partial charge in [-0.2, -0.15) is 13.2 Å². The summed E-state index contributed by atoms with van der Waals surface area (Å²) >= 11 is 2.65. The van der Waals surface area contributed by atoms with Gasteiger partial charge in [-0.3, -0.25) is 0 Å². The molecule has 5 nitrogen and oxygen atoms in total. The molecule has 11 heteroatoms. The number of pyridine rings is 1. The zero-order chi connectivity index (χ0) is 18.8. The number of esters is 1. The van der Waals surface area contributed by atoms with Crippen LogP contribution in [-0.4, -0.2) is 28.6 Å². The summed E-state index contributed by atoms with van der Waals surface area (Å²) in [5.74, 6) is -3.55. The van der Waals surface area contributed by atoms with E-state index < -0.39 is 57.1 Å². The molecule has 0 aliphatic heterocycles. The number of rotatable bonds is 5. The van der Waals surface area contributed by atoms with E-state index in [1.807, 2.05) is 0 Å². The largest absolute Gasteiger partial charge is 0.478 e. The Labute approximate surface area is 140 Å². The van der Waals surface area contributed by atoms with Crippen LogP contribution < -0.4 is 0 Å². The first kappa shape index (κ1) is 20.0.